The maximum atomic E-state index is 6.31. The predicted molar refractivity (Wildman–Crippen MR) is 112 cm³/mol. The lowest BCUT2D eigenvalue weighted by molar-refractivity contribution is 0.00578. The molecule has 4 aromatic rings. The topological polar surface area (TPSA) is 31.4 Å². The molecular weight excluding hydrogens is 333 g/mol. The molecule has 3 nitrogen and oxygen atoms in total. The van der Waals surface area contributed by atoms with Crippen molar-refractivity contribution in [1.29, 1.82) is 0 Å². The number of benzene rings is 3. The van der Waals surface area contributed by atoms with Gasteiger partial charge in [-0.1, -0.05) is 48.5 Å². The van der Waals surface area contributed by atoms with Gasteiger partial charge in [-0.25, -0.2) is 0 Å². The molecule has 27 heavy (non-hydrogen) atoms. The lowest BCUT2D eigenvalue weighted by atomic mass is 9.80. The van der Waals surface area contributed by atoms with E-state index in [9.17, 15) is 0 Å². The Labute approximate surface area is 159 Å². The van der Waals surface area contributed by atoms with E-state index in [0.29, 0.717) is 0 Å². The Kier molecular flexibility index (Phi) is 3.43. The molecule has 0 aliphatic carbocycles. The zero-order valence-corrected chi connectivity index (χ0v) is 16.1. The van der Waals surface area contributed by atoms with Gasteiger partial charge in [-0.3, -0.25) is 4.98 Å². The molecular formula is C23H22BNO2. The molecule has 0 radical (unpaired) electrons. The second-order valence-corrected chi connectivity index (χ2v) is 8.35. The van der Waals surface area contributed by atoms with Crippen molar-refractivity contribution in [3.05, 3.63) is 60.7 Å². The average Bonchev–Trinajstić information content (AvgIpc) is 2.87. The first-order valence-electron chi connectivity index (χ1n) is 9.42. The van der Waals surface area contributed by atoms with Gasteiger partial charge in [0.25, 0.3) is 0 Å². The van der Waals surface area contributed by atoms with Crippen LogP contribution in [0.2, 0.25) is 0 Å². The highest BCUT2D eigenvalue weighted by molar-refractivity contribution is 6.64. The third-order valence-corrected chi connectivity index (χ3v) is 6.07. The van der Waals surface area contributed by atoms with Gasteiger partial charge in [-0.15, -0.1) is 0 Å². The van der Waals surface area contributed by atoms with E-state index in [-0.39, 0.29) is 0 Å². The van der Waals surface area contributed by atoms with Gasteiger partial charge in [0, 0.05) is 10.8 Å². The Morgan fingerprint density at radius 3 is 1.93 bits per heavy atom. The van der Waals surface area contributed by atoms with Crippen LogP contribution in [0.1, 0.15) is 27.7 Å². The highest BCUT2D eigenvalue weighted by Gasteiger charge is 2.52. The van der Waals surface area contributed by atoms with Crippen molar-refractivity contribution < 1.29 is 9.31 Å². The van der Waals surface area contributed by atoms with Crippen LogP contribution in [0, 0.1) is 0 Å². The minimum absolute atomic E-state index is 0.390. The summed E-state index contributed by atoms with van der Waals surface area (Å²) in [6, 6.07) is 21.2. The van der Waals surface area contributed by atoms with Gasteiger partial charge in [0.1, 0.15) is 0 Å². The second-order valence-electron chi connectivity index (χ2n) is 8.35. The monoisotopic (exact) mass is 355 g/mol. The first-order valence-corrected chi connectivity index (χ1v) is 9.42. The predicted octanol–water partition coefficient (Wildman–Crippen LogP) is 4.84. The number of fused-ring (bicyclic) bond motifs is 4. The van der Waals surface area contributed by atoms with Crippen molar-refractivity contribution in [2.24, 2.45) is 0 Å². The fourth-order valence-corrected chi connectivity index (χ4v) is 3.80. The molecule has 1 fully saturated rings. The standard InChI is InChI=1S/C23H22BNO2/c1-22(2)23(3,4)27-24(26-22)21-18-12-8-7-11-17(18)19-13-15-9-5-6-10-16(15)14-20(19)25-21/h5-14H,1-4H3. The maximum absolute atomic E-state index is 6.31. The zero-order valence-electron chi connectivity index (χ0n) is 16.1. The molecule has 0 amide bonds. The molecule has 4 heteroatoms. The number of nitrogens with zero attached hydrogens (tertiary/aromatic N) is 1. The van der Waals surface area contributed by atoms with Crippen LogP contribution in [-0.4, -0.2) is 23.3 Å². The van der Waals surface area contributed by atoms with Gasteiger partial charge in [-0.2, -0.15) is 0 Å². The summed E-state index contributed by atoms with van der Waals surface area (Å²) < 4.78 is 12.6. The summed E-state index contributed by atoms with van der Waals surface area (Å²) >= 11 is 0. The van der Waals surface area contributed by atoms with Crippen molar-refractivity contribution in [1.82, 2.24) is 4.98 Å². The number of hydrogen-bond donors (Lipinski definition) is 0. The SMILES string of the molecule is CC1(C)OB(c2nc3cc4ccccc4cc3c3ccccc23)OC1(C)C. The summed E-state index contributed by atoms with van der Waals surface area (Å²) in [6.45, 7) is 8.29. The van der Waals surface area contributed by atoms with Crippen LogP contribution in [0.3, 0.4) is 0 Å². The molecule has 5 rings (SSSR count). The smallest absolute Gasteiger partial charge is 0.398 e. The molecule has 0 spiro atoms. The molecule has 0 N–H and O–H groups in total. The van der Waals surface area contributed by atoms with Crippen molar-refractivity contribution in [2.45, 2.75) is 38.9 Å². The average molecular weight is 355 g/mol. The van der Waals surface area contributed by atoms with E-state index < -0.39 is 18.3 Å². The van der Waals surface area contributed by atoms with Crippen molar-refractivity contribution in [2.75, 3.05) is 0 Å². The summed E-state index contributed by atoms with van der Waals surface area (Å²) in [7, 11) is -0.476. The molecule has 0 saturated carbocycles. The maximum Gasteiger partial charge on any atom is 0.515 e. The lowest BCUT2D eigenvalue weighted by Gasteiger charge is -2.32. The molecule has 1 saturated heterocycles. The Balaban J connectivity index is 1.81. The molecule has 0 bridgehead atoms. The highest BCUT2D eigenvalue weighted by Crippen LogP contribution is 2.37. The second kappa shape index (κ2) is 5.54. The van der Waals surface area contributed by atoms with E-state index in [0.717, 1.165) is 21.9 Å². The van der Waals surface area contributed by atoms with Crippen LogP contribution >= 0.6 is 0 Å². The Morgan fingerprint density at radius 1 is 0.704 bits per heavy atom. The quantitative estimate of drug-likeness (QED) is 0.278. The van der Waals surface area contributed by atoms with Crippen LogP contribution in [0.15, 0.2) is 60.7 Å². The van der Waals surface area contributed by atoms with Crippen LogP contribution < -0.4 is 5.59 Å². The van der Waals surface area contributed by atoms with Gasteiger partial charge in [0.15, 0.2) is 0 Å². The molecule has 0 atom stereocenters. The van der Waals surface area contributed by atoms with Crippen molar-refractivity contribution in [3.8, 4) is 0 Å². The Hall–Kier alpha value is -2.43. The van der Waals surface area contributed by atoms with E-state index in [1.54, 1.807) is 0 Å². The number of pyridine rings is 1. The van der Waals surface area contributed by atoms with E-state index >= 15 is 0 Å². The van der Waals surface area contributed by atoms with Crippen LogP contribution in [0.4, 0.5) is 0 Å². The highest BCUT2D eigenvalue weighted by atomic mass is 16.7. The van der Waals surface area contributed by atoms with E-state index in [1.807, 2.05) is 6.07 Å². The van der Waals surface area contributed by atoms with E-state index in [4.69, 9.17) is 14.3 Å². The summed E-state index contributed by atoms with van der Waals surface area (Å²) in [5, 5.41) is 5.83. The number of hydrogen-bond acceptors (Lipinski definition) is 3. The van der Waals surface area contributed by atoms with Crippen molar-refractivity contribution >= 4 is 45.2 Å². The Bertz CT molecular complexity index is 1180. The first kappa shape index (κ1) is 16.7. The molecule has 3 aromatic carbocycles. The third-order valence-electron chi connectivity index (χ3n) is 6.07. The zero-order chi connectivity index (χ0) is 18.8. The van der Waals surface area contributed by atoms with Crippen LogP contribution in [0.25, 0.3) is 32.4 Å². The Morgan fingerprint density at radius 2 is 1.26 bits per heavy atom. The van der Waals surface area contributed by atoms with Gasteiger partial charge in [0.05, 0.1) is 22.3 Å². The minimum Gasteiger partial charge on any atom is -0.398 e. The van der Waals surface area contributed by atoms with Crippen LogP contribution in [-0.2, 0) is 9.31 Å². The van der Waals surface area contributed by atoms with Crippen LogP contribution in [0.5, 0.6) is 0 Å². The van der Waals surface area contributed by atoms with E-state index in [1.165, 1.54) is 16.2 Å². The third kappa shape index (κ3) is 2.48. The number of aromatic nitrogens is 1. The summed E-state index contributed by atoms with van der Waals surface area (Å²) in [4.78, 5) is 5.02. The summed E-state index contributed by atoms with van der Waals surface area (Å²) in [5.41, 5.74) is 1.04. The van der Waals surface area contributed by atoms with Gasteiger partial charge >= 0.3 is 7.12 Å². The molecule has 134 valence electrons. The summed E-state index contributed by atoms with van der Waals surface area (Å²) in [5.74, 6) is 0. The lowest BCUT2D eigenvalue weighted by Crippen LogP contribution is -2.41. The fourth-order valence-electron chi connectivity index (χ4n) is 3.80. The van der Waals surface area contributed by atoms with Crippen molar-refractivity contribution in [3.63, 3.8) is 0 Å². The number of rotatable bonds is 1. The van der Waals surface area contributed by atoms with Gasteiger partial charge < -0.3 is 9.31 Å². The first-order chi connectivity index (χ1) is 12.9. The van der Waals surface area contributed by atoms with Gasteiger partial charge in [-0.05, 0) is 56.0 Å². The molecule has 2 heterocycles. The molecule has 1 aliphatic rings. The molecule has 1 aliphatic heterocycles. The van der Waals surface area contributed by atoms with Gasteiger partial charge in [0.2, 0.25) is 0 Å². The molecule has 0 unspecified atom stereocenters. The summed E-state index contributed by atoms with van der Waals surface area (Å²) in [6.07, 6.45) is 0. The van der Waals surface area contributed by atoms with E-state index in [2.05, 4.69) is 82.3 Å². The normalized spacial score (nSPS) is 18.6. The largest absolute Gasteiger partial charge is 0.515 e. The fraction of sp³-hybridized carbons (Fsp3) is 0.261. The molecule has 1 aromatic heterocycles. The minimum atomic E-state index is -0.476.